The van der Waals surface area contributed by atoms with Gasteiger partial charge in [-0.25, -0.2) is 4.39 Å². The van der Waals surface area contributed by atoms with Crippen LogP contribution in [0.25, 0.3) is 11.3 Å². The molecule has 0 fully saturated rings. The van der Waals surface area contributed by atoms with Gasteiger partial charge < -0.3 is 25.1 Å². The largest absolute Gasteiger partial charge is 0.488 e. The van der Waals surface area contributed by atoms with E-state index in [2.05, 4.69) is 20.6 Å². The Balaban J connectivity index is 1.80. The van der Waals surface area contributed by atoms with Crippen LogP contribution in [0.2, 0.25) is 0 Å². The smallest absolute Gasteiger partial charge is 0.255 e. The van der Waals surface area contributed by atoms with Gasteiger partial charge in [0.15, 0.2) is 0 Å². The molecule has 0 atom stereocenters. The topological polar surface area (TPSA) is 88.3 Å². The maximum Gasteiger partial charge on any atom is 0.255 e. The number of hydrogen-bond acceptors (Lipinski definition) is 5. The van der Waals surface area contributed by atoms with Crippen molar-refractivity contribution in [1.82, 2.24) is 15.3 Å². The Kier molecular flexibility index (Phi) is 5.65. The Morgan fingerprint density at radius 3 is 2.90 bits per heavy atom. The molecule has 0 radical (unpaired) electrons. The van der Waals surface area contributed by atoms with E-state index in [0.29, 0.717) is 48.0 Å². The second-order valence-corrected chi connectivity index (χ2v) is 7.99. The van der Waals surface area contributed by atoms with Crippen molar-refractivity contribution in [3.05, 3.63) is 59.8 Å². The molecule has 0 saturated carbocycles. The summed E-state index contributed by atoms with van der Waals surface area (Å²) in [5, 5.41) is 6.10. The zero-order valence-corrected chi connectivity index (χ0v) is 17.7. The van der Waals surface area contributed by atoms with Gasteiger partial charge >= 0.3 is 0 Å². The van der Waals surface area contributed by atoms with Gasteiger partial charge in [-0.15, -0.1) is 0 Å². The number of benzene rings is 1. The maximum atomic E-state index is 13.8. The van der Waals surface area contributed by atoms with Crippen LogP contribution < -0.4 is 15.4 Å². The summed E-state index contributed by atoms with van der Waals surface area (Å²) in [6.45, 7) is 4.72. The van der Waals surface area contributed by atoms with Crippen LogP contribution in [0.15, 0.2) is 42.7 Å². The third-order valence-electron chi connectivity index (χ3n) is 5.24. The number of aromatic amines is 1. The molecule has 1 aliphatic rings. The highest BCUT2D eigenvalue weighted by atomic mass is 19.1. The molecular weight excluding hydrogens is 399 g/mol. The van der Waals surface area contributed by atoms with Crippen LogP contribution >= 0.6 is 0 Å². The first-order valence-corrected chi connectivity index (χ1v) is 10.1. The van der Waals surface area contributed by atoms with E-state index in [1.807, 2.05) is 19.9 Å². The van der Waals surface area contributed by atoms with Gasteiger partial charge in [-0.2, -0.15) is 0 Å². The lowest BCUT2D eigenvalue weighted by Crippen LogP contribution is -2.31. The fourth-order valence-corrected chi connectivity index (χ4v) is 3.43. The molecule has 0 bridgehead atoms. The highest BCUT2D eigenvalue weighted by Gasteiger charge is 2.28. The number of aromatic nitrogens is 2. The Bertz CT molecular complexity index is 1110. The second kappa shape index (κ2) is 8.39. The molecular formula is C23H25FN4O3. The number of halogens is 1. The average Bonchev–Trinajstić information content (AvgIpc) is 3.12. The number of nitrogens with one attached hydrogen (secondary N) is 3. The van der Waals surface area contributed by atoms with Crippen LogP contribution in [0.4, 0.5) is 15.8 Å². The predicted molar refractivity (Wildman–Crippen MR) is 116 cm³/mol. The molecule has 4 rings (SSSR count). The molecule has 162 valence electrons. The number of rotatable bonds is 7. The number of hydrogen-bond donors (Lipinski definition) is 3. The molecule has 0 unspecified atom stereocenters. The molecule has 0 spiro atoms. The van der Waals surface area contributed by atoms with E-state index in [-0.39, 0.29) is 11.7 Å². The summed E-state index contributed by atoms with van der Waals surface area (Å²) in [5.74, 6) is 0.00347. The van der Waals surface area contributed by atoms with Crippen LogP contribution in [0.3, 0.4) is 0 Å². The maximum absolute atomic E-state index is 13.8. The van der Waals surface area contributed by atoms with Crippen molar-refractivity contribution in [2.45, 2.75) is 25.9 Å². The number of carbonyl (C=O) groups excluding carboxylic acids is 1. The van der Waals surface area contributed by atoms with Crippen LogP contribution in [0, 0.1) is 5.82 Å². The molecule has 0 aliphatic carbocycles. The average molecular weight is 424 g/mol. The van der Waals surface area contributed by atoms with Crippen molar-refractivity contribution in [2.24, 2.45) is 0 Å². The summed E-state index contributed by atoms with van der Waals surface area (Å²) in [6, 6.07) is 7.94. The van der Waals surface area contributed by atoms with Gasteiger partial charge in [-0.3, -0.25) is 9.78 Å². The number of pyridine rings is 1. The summed E-state index contributed by atoms with van der Waals surface area (Å²) in [7, 11) is 1.63. The van der Waals surface area contributed by atoms with Crippen LogP contribution in [0.1, 0.15) is 29.9 Å². The SMILES string of the molecule is COC(C)(C)COc1cnccc1-c1[nH]c2c(c1Nc1cccc(F)c1)C(=O)NCC2. The van der Waals surface area contributed by atoms with Gasteiger partial charge in [0, 0.05) is 43.2 Å². The molecule has 1 aliphatic heterocycles. The molecule has 31 heavy (non-hydrogen) atoms. The van der Waals surface area contributed by atoms with Crippen LogP contribution in [-0.2, 0) is 11.2 Å². The summed E-state index contributed by atoms with van der Waals surface area (Å²) in [4.78, 5) is 20.3. The molecule has 8 heteroatoms. The highest BCUT2D eigenvalue weighted by molar-refractivity contribution is 6.06. The van der Waals surface area contributed by atoms with Gasteiger partial charge in [0.2, 0.25) is 0 Å². The second-order valence-electron chi connectivity index (χ2n) is 7.99. The highest BCUT2D eigenvalue weighted by Crippen LogP contribution is 2.40. The molecule has 1 amide bonds. The summed E-state index contributed by atoms with van der Waals surface area (Å²) in [5.41, 5.74) is 3.38. The molecule has 3 N–H and O–H groups in total. The van der Waals surface area contributed by atoms with Crippen molar-refractivity contribution in [3.63, 3.8) is 0 Å². The van der Waals surface area contributed by atoms with E-state index in [0.717, 1.165) is 11.3 Å². The minimum absolute atomic E-state index is 0.181. The fourth-order valence-electron chi connectivity index (χ4n) is 3.43. The van der Waals surface area contributed by atoms with Gasteiger partial charge in [-0.1, -0.05) is 6.07 Å². The quantitative estimate of drug-likeness (QED) is 0.533. The van der Waals surface area contributed by atoms with Crippen molar-refractivity contribution in [2.75, 3.05) is 25.6 Å². The van der Waals surface area contributed by atoms with Crippen LogP contribution in [0.5, 0.6) is 5.75 Å². The first-order chi connectivity index (χ1) is 14.9. The normalized spacial score (nSPS) is 13.5. The number of anilines is 2. The first kappa shape index (κ1) is 20.9. The molecule has 1 aromatic carbocycles. The number of amides is 1. The molecule has 0 saturated heterocycles. The van der Waals surface area contributed by atoms with E-state index in [1.165, 1.54) is 12.1 Å². The molecule has 2 aromatic heterocycles. The van der Waals surface area contributed by atoms with Crippen molar-refractivity contribution in [3.8, 4) is 17.0 Å². The summed E-state index contributed by atoms with van der Waals surface area (Å²) < 4.78 is 25.3. The number of methoxy groups -OCH3 is 1. The molecule has 3 heterocycles. The lowest BCUT2D eigenvalue weighted by molar-refractivity contribution is -0.0146. The van der Waals surface area contributed by atoms with Gasteiger partial charge in [0.25, 0.3) is 5.91 Å². The van der Waals surface area contributed by atoms with Gasteiger partial charge in [0.1, 0.15) is 18.2 Å². The number of carbonyl (C=O) groups is 1. The standard InChI is InChI=1S/C23H25FN4O3/c1-23(2,30-3)13-31-18-12-25-9-7-16(18)20-21(27-15-6-4-5-14(24)11-15)19-17(28-20)8-10-26-22(19)29/h4-7,9,11-12,27-28H,8,10,13H2,1-3H3,(H,26,29). The van der Waals surface area contributed by atoms with Crippen molar-refractivity contribution in [1.29, 1.82) is 0 Å². The Hall–Kier alpha value is -3.39. The van der Waals surface area contributed by atoms with Gasteiger partial charge in [-0.05, 0) is 38.1 Å². The van der Waals surface area contributed by atoms with Crippen LogP contribution in [-0.4, -0.2) is 41.7 Å². The molecule has 7 nitrogen and oxygen atoms in total. The first-order valence-electron chi connectivity index (χ1n) is 10.1. The number of nitrogens with zero attached hydrogens (tertiary/aromatic N) is 1. The minimum atomic E-state index is -0.482. The monoisotopic (exact) mass is 424 g/mol. The van der Waals surface area contributed by atoms with Crippen molar-refractivity contribution >= 4 is 17.3 Å². The van der Waals surface area contributed by atoms with E-state index in [1.54, 1.807) is 31.6 Å². The summed E-state index contributed by atoms with van der Waals surface area (Å²) in [6.07, 6.45) is 3.96. The molecule has 3 aromatic rings. The third-order valence-corrected chi connectivity index (χ3v) is 5.24. The van der Waals surface area contributed by atoms with E-state index >= 15 is 0 Å². The van der Waals surface area contributed by atoms with E-state index in [4.69, 9.17) is 9.47 Å². The predicted octanol–water partition coefficient (Wildman–Crippen LogP) is 4.05. The zero-order chi connectivity index (χ0) is 22.0. The van der Waals surface area contributed by atoms with E-state index in [9.17, 15) is 9.18 Å². The number of ether oxygens (including phenoxy) is 2. The van der Waals surface area contributed by atoms with Gasteiger partial charge in [0.05, 0.1) is 28.7 Å². The number of H-pyrrole nitrogens is 1. The zero-order valence-electron chi connectivity index (χ0n) is 17.7. The minimum Gasteiger partial charge on any atom is -0.488 e. The van der Waals surface area contributed by atoms with Crippen molar-refractivity contribution < 1.29 is 18.7 Å². The fraction of sp³-hybridized carbons (Fsp3) is 0.304. The summed E-state index contributed by atoms with van der Waals surface area (Å²) >= 11 is 0. The Morgan fingerprint density at radius 1 is 1.29 bits per heavy atom. The Morgan fingerprint density at radius 2 is 2.13 bits per heavy atom. The Labute approximate surface area is 180 Å². The lowest BCUT2D eigenvalue weighted by Gasteiger charge is -2.23. The van der Waals surface area contributed by atoms with E-state index < -0.39 is 5.60 Å². The third kappa shape index (κ3) is 4.39. The lowest BCUT2D eigenvalue weighted by atomic mass is 10.0. The number of fused-ring (bicyclic) bond motifs is 1.